The van der Waals surface area contributed by atoms with Crippen LogP contribution in [0.15, 0.2) is 48.5 Å². The molecule has 0 radical (unpaired) electrons. The van der Waals surface area contributed by atoms with E-state index in [1.807, 2.05) is 0 Å². The molecule has 2 aromatic rings. The fourth-order valence-corrected chi connectivity index (χ4v) is 2.28. The summed E-state index contributed by atoms with van der Waals surface area (Å²) in [6.07, 6.45) is 0.00145. The molecule has 0 fully saturated rings. The highest BCUT2D eigenvalue weighted by molar-refractivity contribution is 5.94. The van der Waals surface area contributed by atoms with E-state index in [1.165, 1.54) is 26.2 Å². The van der Waals surface area contributed by atoms with Crippen molar-refractivity contribution in [2.24, 2.45) is 0 Å². The molecule has 28 heavy (non-hydrogen) atoms. The molecular weight excluding hydrogens is 364 g/mol. The van der Waals surface area contributed by atoms with Crippen molar-refractivity contribution < 1.29 is 28.7 Å². The van der Waals surface area contributed by atoms with Gasteiger partial charge in [-0.15, -0.1) is 0 Å². The first kappa shape index (κ1) is 20.6. The normalized spacial score (nSPS) is 9.93. The number of nitrogens with one attached hydrogen (secondary N) is 2. The van der Waals surface area contributed by atoms with E-state index in [4.69, 9.17) is 4.74 Å². The second-order valence-corrected chi connectivity index (χ2v) is 5.83. The van der Waals surface area contributed by atoms with Crippen LogP contribution in [0.4, 0.5) is 11.4 Å². The Balaban J connectivity index is 1.78. The highest BCUT2D eigenvalue weighted by Gasteiger charge is 2.10. The number of benzene rings is 2. The Morgan fingerprint density at radius 2 is 1.43 bits per heavy atom. The summed E-state index contributed by atoms with van der Waals surface area (Å²) in [6.45, 7) is 0.978. The molecule has 0 heterocycles. The molecule has 2 N–H and O–H groups in total. The van der Waals surface area contributed by atoms with Crippen molar-refractivity contribution in [1.82, 2.24) is 0 Å². The number of esters is 2. The number of amides is 2. The molecule has 0 aromatic heterocycles. The Bertz CT molecular complexity index is 859. The Kier molecular flexibility index (Phi) is 7.27. The van der Waals surface area contributed by atoms with E-state index in [0.29, 0.717) is 22.5 Å². The third-order valence-corrected chi connectivity index (χ3v) is 3.58. The van der Waals surface area contributed by atoms with Crippen molar-refractivity contribution in [2.75, 3.05) is 24.4 Å². The maximum atomic E-state index is 11.9. The third-order valence-electron chi connectivity index (χ3n) is 3.58. The summed E-state index contributed by atoms with van der Waals surface area (Å²) in [4.78, 5) is 46.1. The minimum atomic E-state index is -0.552. The molecule has 0 aliphatic heterocycles. The van der Waals surface area contributed by atoms with Gasteiger partial charge in [-0.25, -0.2) is 4.79 Å². The molecule has 2 amide bonds. The van der Waals surface area contributed by atoms with Gasteiger partial charge in [0.05, 0.1) is 19.1 Å². The van der Waals surface area contributed by atoms with E-state index < -0.39 is 24.5 Å². The van der Waals surface area contributed by atoms with Crippen LogP contribution in [-0.4, -0.2) is 37.5 Å². The fourth-order valence-electron chi connectivity index (χ4n) is 2.28. The van der Waals surface area contributed by atoms with Gasteiger partial charge < -0.3 is 20.1 Å². The zero-order valence-electron chi connectivity index (χ0n) is 15.5. The second kappa shape index (κ2) is 9.86. The number of carbonyl (C=O) groups excluding carboxylic acids is 4. The summed E-state index contributed by atoms with van der Waals surface area (Å²) in [6, 6.07) is 12.8. The number of rotatable bonds is 7. The first-order valence-electron chi connectivity index (χ1n) is 8.38. The van der Waals surface area contributed by atoms with Gasteiger partial charge in [-0.05, 0) is 42.0 Å². The maximum absolute atomic E-state index is 11.9. The first-order chi connectivity index (χ1) is 13.4. The molecule has 0 spiro atoms. The van der Waals surface area contributed by atoms with Gasteiger partial charge in [0.2, 0.25) is 5.91 Å². The van der Waals surface area contributed by atoms with Crippen LogP contribution in [0.3, 0.4) is 0 Å². The van der Waals surface area contributed by atoms with Crippen LogP contribution < -0.4 is 10.6 Å². The number of hydrogen-bond donors (Lipinski definition) is 2. The first-order valence-corrected chi connectivity index (χ1v) is 8.38. The van der Waals surface area contributed by atoms with Crippen LogP contribution in [0, 0.1) is 0 Å². The van der Waals surface area contributed by atoms with Crippen molar-refractivity contribution in [1.29, 1.82) is 0 Å². The van der Waals surface area contributed by atoms with E-state index in [1.54, 1.807) is 36.4 Å². The summed E-state index contributed by atoms with van der Waals surface area (Å²) in [5.74, 6) is -1.71. The van der Waals surface area contributed by atoms with E-state index in [-0.39, 0.29) is 12.3 Å². The van der Waals surface area contributed by atoms with E-state index >= 15 is 0 Å². The number of ether oxygens (including phenoxy) is 2. The summed E-state index contributed by atoms with van der Waals surface area (Å²) in [7, 11) is 1.28. The Morgan fingerprint density at radius 1 is 0.857 bits per heavy atom. The molecule has 146 valence electrons. The Labute approximate surface area is 161 Å². The summed E-state index contributed by atoms with van der Waals surface area (Å²) >= 11 is 0. The molecule has 0 saturated carbocycles. The molecule has 2 rings (SSSR count). The van der Waals surface area contributed by atoms with Gasteiger partial charge in [0.15, 0.2) is 6.61 Å². The molecule has 0 aliphatic carbocycles. The molecule has 0 aliphatic rings. The van der Waals surface area contributed by atoms with Gasteiger partial charge in [-0.1, -0.05) is 12.1 Å². The Morgan fingerprint density at radius 3 is 2.00 bits per heavy atom. The van der Waals surface area contributed by atoms with Crippen LogP contribution in [0.2, 0.25) is 0 Å². The second-order valence-electron chi connectivity index (χ2n) is 5.83. The summed E-state index contributed by atoms with van der Waals surface area (Å²) in [5.41, 5.74) is 2.14. The molecule has 2 aromatic carbocycles. The van der Waals surface area contributed by atoms with Crippen molar-refractivity contribution in [3.8, 4) is 0 Å². The van der Waals surface area contributed by atoms with E-state index in [2.05, 4.69) is 15.4 Å². The lowest BCUT2D eigenvalue weighted by Gasteiger charge is -2.08. The van der Waals surface area contributed by atoms with Gasteiger partial charge in [0.1, 0.15) is 0 Å². The zero-order valence-corrected chi connectivity index (χ0v) is 15.5. The molecule has 8 heteroatoms. The van der Waals surface area contributed by atoms with E-state index in [9.17, 15) is 19.2 Å². The summed E-state index contributed by atoms with van der Waals surface area (Å²) < 4.78 is 9.55. The molecule has 0 bridgehead atoms. The van der Waals surface area contributed by atoms with Crippen LogP contribution in [0.25, 0.3) is 0 Å². The lowest BCUT2D eigenvalue weighted by molar-refractivity contribution is -0.146. The predicted octanol–water partition coefficient (Wildman–Crippen LogP) is 2.16. The van der Waals surface area contributed by atoms with Gasteiger partial charge in [0, 0.05) is 18.3 Å². The average molecular weight is 384 g/mol. The zero-order chi connectivity index (χ0) is 20.5. The molecule has 0 saturated heterocycles. The average Bonchev–Trinajstić information content (AvgIpc) is 2.67. The molecule has 0 atom stereocenters. The lowest BCUT2D eigenvalue weighted by atomic mass is 10.1. The number of anilines is 2. The minimum Gasteiger partial charge on any atom is -0.465 e. The van der Waals surface area contributed by atoms with Crippen LogP contribution in [-0.2, 0) is 30.3 Å². The van der Waals surface area contributed by atoms with Crippen LogP contribution >= 0.6 is 0 Å². The van der Waals surface area contributed by atoms with Gasteiger partial charge in [-0.2, -0.15) is 0 Å². The molecular formula is C20H20N2O6. The lowest BCUT2D eigenvalue weighted by Crippen LogP contribution is -2.21. The van der Waals surface area contributed by atoms with Gasteiger partial charge in [0.25, 0.3) is 5.91 Å². The third kappa shape index (κ3) is 6.56. The van der Waals surface area contributed by atoms with Crippen molar-refractivity contribution >= 4 is 35.1 Å². The van der Waals surface area contributed by atoms with Crippen LogP contribution in [0.5, 0.6) is 0 Å². The Hall–Kier alpha value is -3.68. The SMILES string of the molecule is COC(=O)c1ccc(NC(=O)COC(=O)Cc2ccc(NC(C)=O)cc2)cc1. The van der Waals surface area contributed by atoms with Crippen molar-refractivity contribution in [3.63, 3.8) is 0 Å². The monoisotopic (exact) mass is 384 g/mol. The smallest absolute Gasteiger partial charge is 0.337 e. The molecule has 0 unspecified atom stereocenters. The molecule has 8 nitrogen and oxygen atoms in total. The highest BCUT2D eigenvalue weighted by atomic mass is 16.5. The highest BCUT2D eigenvalue weighted by Crippen LogP contribution is 2.12. The fraction of sp³-hybridized carbons (Fsp3) is 0.200. The number of methoxy groups -OCH3 is 1. The number of carbonyl (C=O) groups is 4. The summed E-state index contributed by atoms with van der Waals surface area (Å²) in [5, 5.41) is 5.19. The van der Waals surface area contributed by atoms with Crippen molar-refractivity contribution in [3.05, 3.63) is 59.7 Å². The standard InChI is InChI=1S/C20H20N2O6/c1-13(23)21-16-7-3-14(4-8-16)11-19(25)28-12-18(24)22-17-9-5-15(6-10-17)20(26)27-2/h3-10H,11-12H2,1-2H3,(H,21,23)(H,22,24). The van der Waals surface area contributed by atoms with Gasteiger partial charge in [-0.3, -0.25) is 14.4 Å². The van der Waals surface area contributed by atoms with Gasteiger partial charge >= 0.3 is 11.9 Å². The number of hydrogen-bond acceptors (Lipinski definition) is 6. The maximum Gasteiger partial charge on any atom is 0.337 e. The minimum absolute atomic E-state index is 0.00145. The van der Waals surface area contributed by atoms with Crippen LogP contribution in [0.1, 0.15) is 22.8 Å². The quantitative estimate of drug-likeness (QED) is 0.708. The van der Waals surface area contributed by atoms with E-state index in [0.717, 1.165) is 0 Å². The predicted molar refractivity (Wildman–Crippen MR) is 102 cm³/mol. The topological polar surface area (TPSA) is 111 Å². The largest absolute Gasteiger partial charge is 0.465 e. The van der Waals surface area contributed by atoms with Crippen molar-refractivity contribution in [2.45, 2.75) is 13.3 Å².